The lowest BCUT2D eigenvalue weighted by Crippen LogP contribution is -1.91. The first-order valence-electron chi connectivity index (χ1n) is 3.11. The third-order valence-corrected chi connectivity index (χ3v) is 2.38. The molecule has 1 aromatic heterocycles. The summed E-state index contributed by atoms with van der Waals surface area (Å²) >= 11 is 0. The molecule has 0 aliphatic rings. The van der Waals surface area contributed by atoms with Crippen molar-refractivity contribution < 1.29 is 8.42 Å². The molecule has 0 saturated heterocycles. The molecule has 0 N–H and O–H groups in total. The van der Waals surface area contributed by atoms with Crippen LogP contribution in [-0.4, -0.2) is 18.0 Å². The van der Waals surface area contributed by atoms with E-state index >= 15 is 0 Å². The van der Waals surface area contributed by atoms with Gasteiger partial charge in [-0.25, -0.2) is 13.4 Å². The average Bonchev–Trinajstić information content (AvgIpc) is 2.35. The highest BCUT2D eigenvalue weighted by Gasteiger charge is 2.12. The lowest BCUT2D eigenvalue weighted by atomic mass is 10.6. The fourth-order valence-corrected chi connectivity index (χ4v) is 1.39. The van der Waals surface area contributed by atoms with Gasteiger partial charge in [0.1, 0.15) is 0 Å². The SMILES string of the molecule is C=CCn1cnc(S(=O)(=O)Cl)c1. The zero-order valence-corrected chi connectivity index (χ0v) is 7.72. The quantitative estimate of drug-likeness (QED) is 0.548. The summed E-state index contributed by atoms with van der Waals surface area (Å²) in [6, 6.07) is 0. The molecule has 1 rings (SSSR count). The van der Waals surface area contributed by atoms with Crippen molar-refractivity contribution in [2.75, 3.05) is 0 Å². The Morgan fingerprint density at radius 1 is 1.75 bits per heavy atom. The predicted molar refractivity (Wildman–Crippen MR) is 45.5 cm³/mol. The summed E-state index contributed by atoms with van der Waals surface area (Å²) in [5.74, 6) is 0. The van der Waals surface area contributed by atoms with Crippen molar-refractivity contribution in [3.05, 3.63) is 25.2 Å². The van der Waals surface area contributed by atoms with Gasteiger partial charge in [0, 0.05) is 23.4 Å². The van der Waals surface area contributed by atoms with Crippen LogP contribution >= 0.6 is 10.7 Å². The maximum Gasteiger partial charge on any atom is 0.280 e. The Kier molecular flexibility index (Phi) is 2.54. The fourth-order valence-electron chi connectivity index (χ4n) is 0.714. The van der Waals surface area contributed by atoms with Crippen LogP contribution in [0.1, 0.15) is 0 Å². The van der Waals surface area contributed by atoms with Crippen LogP contribution in [0.5, 0.6) is 0 Å². The normalized spacial score (nSPS) is 11.4. The van der Waals surface area contributed by atoms with Crippen molar-refractivity contribution in [2.24, 2.45) is 0 Å². The first-order valence-corrected chi connectivity index (χ1v) is 5.42. The fraction of sp³-hybridized carbons (Fsp3) is 0.167. The maximum atomic E-state index is 10.7. The summed E-state index contributed by atoms with van der Waals surface area (Å²) in [5.41, 5.74) is 0. The molecule has 0 aliphatic carbocycles. The van der Waals surface area contributed by atoms with E-state index in [1.54, 1.807) is 10.6 Å². The minimum absolute atomic E-state index is 0.133. The van der Waals surface area contributed by atoms with Gasteiger partial charge in [0.05, 0.1) is 6.33 Å². The van der Waals surface area contributed by atoms with Crippen LogP contribution in [0.15, 0.2) is 30.2 Å². The molecule has 0 amide bonds. The van der Waals surface area contributed by atoms with Crippen molar-refractivity contribution >= 4 is 19.7 Å². The molecule has 6 heteroatoms. The van der Waals surface area contributed by atoms with Gasteiger partial charge in [-0.2, -0.15) is 0 Å². The summed E-state index contributed by atoms with van der Waals surface area (Å²) in [4.78, 5) is 3.60. The topological polar surface area (TPSA) is 52.0 Å². The molecule has 0 unspecified atom stereocenters. The minimum atomic E-state index is -3.69. The standard InChI is InChI=1S/C6H7ClN2O2S/c1-2-3-9-4-6(8-5-9)12(7,10)11/h2,4-5H,1,3H2. The van der Waals surface area contributed by atoms with Gasteiger partial charge in [-0.1, -0.05) is 6.08 Å². The van der Waals surface area contributed by atoms with Crippen molar-refractivity contribution in [3.8, 4) is 0 Å². The molecule has 12 heavy (non-hydrogen) atoms. The summed E-state index contributed by atoms with van der Waals surface area (Å²) in [7, 11) is 1.35. The monoisotopic (exact) mass is 206 g/mol. The van der Waals surface area contributed by atoms with E-state index in [4.69, 9.17) is 10.7 Å². The summed E-state index contributed by atoms with van der Waals surface area (Å²) in [6.45, 7) is 4.01. The third kappa shape index (κ3) is 2.09. The Balaban J connectivity index is 2.99. The predicted octanol–water partition coefficient (Wildman–Crippen LogP) is 0.997. The Hall–Kier alpha value is -0.810. The molecule has 0 saturated carbocycles. The lowest BCUT2D eigenvalue weighted by molar-refractivity contribution is 0.606. The van der Waals surface area contributed by atoms with E-state index in [1.807, 2.05) is 0 Å². The second-order valence-corrected chi connectivity index (χ2v) is 4.65. The Bertz CT molecular complexity index is 382. The molecule has 66 valence electrons. The highest BCUT2D eigenvalue weighted by Crippen LogP contribution is 2.10. The summed E-state index contributed by atoms with van der Waals surface area (Å²) in [6.07, 6.45) is 4.37. The van der Waals surface area contributed by atoms with Gasteiger partial charge in [0.25, 0.3) is 9.05 Å². The Morgan fingerprint density at radius 2 is 2.42 bits per heavy atom. The smallest absolute Gasteiger partial charge is 0.280 e. The molecule has 0 spiro atoms. The van der Waals surface area contributed by atoms with Crippen LogP contribution < -0.4 is 0 Å². The van der Waals surface area contributed by atoms with Gasteiger partial charge in [0.15, 0.2) is 5.03 Å². The number of aromatic nitrogens is 2. The molecule has 0 bridgehead atoms. The van der Waals surface area contributed by atoms with Gasteiger partial charge < -0.3 is 4.57 Å². The molecule has 1 heterocycles. The average molecular weight is 207 g/mol. The zero-order chi connectivity index (χ0) is 9.19. The molecule has 0 atom stereocenters. The highest BCUT2D eigenvalue weighted by molar-refractivity contribution is 8.13. The number of hydrogen-bond acceptors (Lipinski definition) is 3. The van der Waals surface area contributed by atoms with Crippen LogP contribution in [-0.2, 0) is 15.6 Å². The van der Waals surface area contributed by atoms with Gasteiger partial charge in [-0.3, -0.25) is 0 Å². The highest BCUT2D eigenvalue weighted by atomic mass is 35.7. The number of hydrogen-bond donors (Lipinski definition) is 0. The first kappa shape index (κ1) is 9.28. The van der Waals surface area contributed by atoms with Crippen LogP contribution in [0.25, 0.3) is 0 Å². The van der Waals surface area contributed by atoms with E-state index in [0.29, 0.717) is 6.54 Å². The Labute approximate surface area is 74.9 Å². The molecule has 0 aromatic carbocycles. The number of rotatable bonds is 3. The number of allylic oxidation sites excluding steroid dienone is 1. The molecule has 0 radical (unpaired) electrons. The largest absolute Gasteiger partial charge is 0.332 e. The van der Waals surface area contributed by atoms with Crippen LogP contribution in [0.3, 0.4) is 0 Å². The molecular weight excluding hydrogens is 200 g/mol. The van der Waals surface area contributed by atoms with Gasteiger partial charge in [0.2, 0.25) is 0 Å². The molecule has 0 fully saturated rings. The lowest BCUT2D eigenvalue weighted by Gasteiger charge is -1.91. The van der Waals surface area contributed by atoms with E-state index in [0.717, 1.165) is 0 Å². The number of halogens is 1. The van der Waals surface area contributed by atoms with E-state index in [2.05, 4.69) is 11.6 Å². The molecule has 1 aromatic rings. The van der Waals surface area contributed by atoms with Gasteiger partial charge in [-0.15, -0.1) is 6.58 Å². The molecule has 4 nitrogen and oxygen atoms in total. The maximum absolute atomic E-state index is 10.7. The second kappa shape index (κ2) is 3.28. The van der Waals surface area contributed by atoms with E-state index < -0.39 is 9.05 Å². The minimum Gasteiger partial charge on any atom is -0.332 e. The van der Waals surface area contributed by atoms with Crippen molar-refractivity contribution in [2.45, 2.75) is 11.6 Å². The van der Waals surface area contributed by atoms with Gasteiger partial charge >= 0.3 is 0 Å². The second-order valence-electron chi connectivity index (χ2n) is 2.14. The third-order valence-electron chi connectivity index (χ3n) is 1.20. The van der Waals surface area contributed by atoms with E-state index in [9.17, 15) is 8.42 Å². The van der Waals surface area contributed by atoms with Crippen molar-refractivity contribution in [1.82, 2.24) is 9.55 Å². The summed E-state index contributed by atoms with van der Waals surface area (Å²) in [5, 5.41) is -0.133. The van der Waals surface area contributed by atoms with Crippen LogP contribution in [0, 0.1) is 0 Å². The van der Waals surface area contributed by atoms with Crippen LogP contribution in [0.2, 0.25) is 0 Å². The number of imidazole rings is 1. The molecular formula is C6H7ClN2O2S. The van der Waals surface area contributed by atoms with Crippen molar-refractivity contribution in [3.63, 3.8) is 0 Å². The van der Waals surface area contributed by atoms with Crippen LogP contribution in [0.4, 0.5) is 0 Å². The summed E-state index contributed by atoms with van der Waals surface area (Å²) < 4.78 is 23.0. The Morgan fingerprint density at radius 3 is 2.83 bits per heavy atom. The first-order chi connectivity index (χ1) is 5.54. The van der Waals surface area contributed by atoms with E-state index in [1.165, 1.54) is 12.5 Å². The van der Waals surface area contributed by atoms with E-state index in [-0.39, 0.29) is 5.03 Å². The molecule has 0 aliphatic heterocycles. The van der Waals surface area contributed by atoms with Crippen molar-refractivity contribution in [1.29, 1.82) is 0 Å². The zero-order valence-electron chi connectivity index (χ0n) is 6.14. The van der Waals surface area contributed by atoms with Gasteiger partial charge in [-0.05, 0) is 0 Å². The number of nitrogens with zero attached hydrogens (tertiary/aromatic N) is 2.